The van der Waals surface area contributed by atoms with Gasteiger partial charge in [-0.2, -0.15) is 36.5 Å². The molecular formula is C50H38F6N6O4S2. The number of hydrogen-bond acceptors (Lipinski definition) is 6. The second kappa shape index (κ2) is 17.3. The molecule has 0 unspecified atom stereocenters. The van der Waals surface area contributed by atoms with Crippen LogP contribution in [0, 0.1) is 0 Å². The Morgan fingerprint density at radius 1 is 0.529 bits per heavy atom. The van der Waals surface area contributed by atoms with E-state index in [4.69, 9.17) is 0 Å². The van der Waals surface area contributed by atoms with Crippen molar-refractivity contribution < 1.29 is 43.2 Å². The van der Waals surface area contributed by atoms with Crippen molar-refractivity contribution in [2.24, 2.45) is 0 Å². The molecule has 1 aliphatic carbocycles. The molecule has 0 saturated carbocycles. The number of fused-ring (bicyclic) bond motifs is 6. The molecule has 0 bridgehead atoms. The SMILES string of the molecule is CS(=O)(=O)Nc1ccc(-n2nc(C(F)(F)F)cc2-c2cc3ccccc3c3c2C=CCC3)cc1.CS(=O)(=O)Nc1ccc(-n2nc(C(F)(F)F)cc2-c2cccc3ccc4ccccc4c23)cc1. The van der Waals surface area contributed by atoms with Crippen molar-refractivity contribution in [2.75, 3.05) is 22.0 Å². The van der Waals surface area contributed by atoms with Crippen molar-refractivity contribution >= 4 is 69.8 Å². The third-order valence-corrected chi connectivity index (χ3v) is 12.4. The standard InChI is InChI=1S/C25H20F3N3O2S.C25H18F3N3O2S/c1-34(32,33)30-17-10-12-18(13-11-17)31-23(15-24(29-31)25(26,27)28)22-14-16-6-2-3-7-19(16)20-8-4-5-9-21(20)22;1-34(32,33)30-18-11-13-19(14-12-18)31-22(15-23(29-31)25(26,27)28)21-8-4-6-17-10-9-16-5-2-3-7-20(16)24(17)21/h2-3,5-7,9-15,30H,4,8H2,1H3;2-15,30H,1H3. The number of aromatic nitrogens is 4. The zero-order chi connectivity index (χ0) is 48.2. The average Bonchev–Trinajstić information content (AvgIpc) is 3.96. The molecule has 0 radical (unpaired) electrons. The van der Waals surface area contributed by atoms with Crippen LogP contribution in [-0.4, -0.2) is 48.9 Å². The topological polar surface area (TPSA) is 128 Å². The first-order chi connectivity index (χ1) is 32.2. The highest BCUT2D eigenvalue weighted by molar-refractivity contribution is 7.92. The van der Waals surface area contributed by atoms with E-state index >= 15 is 0 Å². The van der Waals surface area contributed by atoms with Crippen LogP contribution in [-0.2, 0) is 38.8 Å². The van der Waals surface area contributed by atoms with Crippen LogP contribution in [0.25, 0.3) is 72.3 Å². The summed E-state index contributed by atoms with van der Waals surface area (Å²) in [4.78, 5) is 0. The molecule has 0 atom stereocenters. The summed E-state index contributed by atoms with van der Waals surface area (Å²) in [5.41, 5.74) is 3.17. The first kappa shape index (κ1) is 45.7. The van der Waals surface area contributed by atoms with Crippen molar-refractivity contribution in [1.29, 1.82) is 0 Å². The Bertz CT molecular complexity index is 3660. The number of hydrogen-bond donors (Lipinski definition) is 2. The normalized spacial score (nSPS) is 13.1. The number of alkyl halides is 6. The first-order valence-electron chi connectivity index (χ1n) is 20.8. The summed E-state index contributed by atoms with van der Waals surface area (Å²) in [5.74, 6) is 0. The maximum atomic E-state index is 13.7. The Morgan fingerprint density at radius 2 is 1.01 bits per heavy atom. The van der Waals surface area contributed by atoms with Gasteiger partial charge in [0.2, 0.25) is 20.0 Å². The summed E-state index contributed by atoms with van der Waals surface area (Å²) in [6, 6.07) is 41.0. The highest BCUT2D eigenvalue weighted by atomic mass is 32.2. The van der Waals surface area contributed by atoms with E-state index in [1.165, 1.54) is 57.9 Å². The molecule has 2 aromatic heterocycles. The fourth-order valence-electron chi connectivity index (χ4n) is 8.40. The van der Waals surface area contributed by atoms with Crippen LogP contribution in [0.3, 0.4) is 0 Å². The van der Waals surface area contributed by atoms with Crippen molar-refractivity contribution in [3.8, 4) is 33.9 Å². The Balaban J connectivity index is 0.000000170. The summed E-state index contributed by atoms with van der Waals surface area (Å²) in [5, 5.41) is 13.4. The quantitative estimate of drug-likeness (QED) is 0.115. The van der Waals surface area contributed by atoms with E-state index in [9.17, 15) is 43.2 Å². The van der Waals surface area contributed by atoms with Gasteiger partial charge in [-0.1, -0.05) is 91.0 Å². The molecule has 9 aromatic rings. The van der Waals surface area contributed by atoms with Gasteiger partial charge in [-0.15, -0.1) is 0 Å². The summed E-state index contributed by atoms with van der Waals surface area (Å²) < 4.78 is 135. The van der Waals surface area contributed by atoms with Crippen LogP contribution in [0.2, 0.25) is 0 Å². The van der Waals surface area contributed by atoms with Gasteiger partial charge < -0.3 is 0 Å². The molecule has 1 aliphatic rings. The second-order valence-electron chi connectivity index (χ2n) is 16.2. The maximum Gasteiger partial charge on any atom is 0.435 e. The molecule has 10 rings (SSSR count). The molecule has 2 N–H and O–H groups in total. The number of anilines is 2. The van der Waals surface area contributed by atoms with Gasteiger partial charge in [-0.3, -0.25) is 9.44 Å². The predicted octanol–water partition coefficient (Wildman–Crippen LogP) is 12.3. The number of halogens is 6. The van der Waals surface area contributed by atoms with Gasteiger partial charge in [-0.05, 0) is 123 Å². The highest BCUT2D eigenvalue weighted by Gasteiger charge is 2.37. The van der Waals surface area contributed by atoms with Crippen molar-refractivity contribution in [3.05, 3.63) is 174 Å². The van der Waals surface area contributed by atoms with E-state index in [2.05, 4.69) is 19.6 Å². The van der Waals surface area contributed by atoms with Gasteiger partial charge >= 0.3 is 12.4 Å². The Morgan fingerprint density at radius 3 is 1.56 bits per heavy atom. The number of aryl methyl sites for hydroxylation is 1. The van der Waals surface area contributed by atoms with Gasteiger partial charge in [-0.25, -0.2) is 26.2 Å². The van der Waals surface area contributed by atoms with Crippen LogP contribution in [0.1, 0.15) is 28.9 Å². The third kappa shape index (κ3) is 9.55. The molecular weight excluding hydrogens is 927 g/mol. The van der Waals surface area contributed by atoms with E-state index in [-0.39, 0.29) is 5.69 Å². The van der Waals surface area contributed by atoms with Crippen LogP contribution in [0.15, 0.2) is 152 Å². The van der Waals surface area contributed by atoms with E-state index in [0.29, 0.717) is 39.6 Å². The van der Waals surface area contributed by atoms with Gasteiger partial charge in [0.05, 0.1) is 35.3 Å². The molecule has 0 fully saturated rings. The molecule has 68 heavy (non-hydrogen) atoms. The summed E-state index contributed by atoms with van der Waals surface area (Å²) in [6.07, 6.45) is -1.56. The highest BCUT2D eigenvalue weighted by Crippen LogP contribution is 2.41. The van der Waals surface area contributed by atoms with Crippen LogP contribution < -0.4 is 9.44 Å². The maximum absolute atomic E-state index is 13.7. The van der Waals surface area contributed by atoms with Gasteiger partial charge in [0, 0.05) is 22.5 Å². The molecule has 18 heteroatoms. The van der Waals surface area contributed by atoms with Crippen molar-refractivity contribution in [1.82, 2.24) is 19.6 Å². The third-order valence-electron chi connectivity index (χ3n) is 11.2. The Hall–Kier alpha value is -7.44. The average molecular weight is 965 g/mol. The monoisotopic (exact) mass is 964 g/mol. The number of rotatable bonds is 8. The second-order valence-corrected chi connectivity index (χ2v) is 19.7. The first-order valence-corrected chi connectivity index (χ1v) is 24.6. The molecule has 0 amide bonds. The van der Waals surface area contributed by atoms with Crippen LogP contribution in [0.4, 0.5) is 37.7 Å². The lowest BCUT2D eigenvalue weighted by Crippen LogP contribution is -2.10. The minimum Gasteiger partial charge on any atom is -0.284 e. The van der Waals surface area contributed by atoms with Gasteiger partial charge in [0.1, 0.15) is 0 Å². The fourth-order valence-corrected chi connectivity index (χ4v) is 9.53. The van der Waals surface area contributed by atoms with Gasteiger partial charge in [0.15, 0.2) is 11.4 Å². The largest absolute Gasteiger partial charge is 0.435 e. The molecule has 2 heterocycles. The van der Waals surface area contributed by atoms with Crippen LogP contribution in [0.5, 0.6) is 0 Å². The molecule has 0 aliphatic heterocycles. The van der Waals surface area contributed by atoms with E-state index in [1.807, 2.05) is 84.9 Å². The Kier molecular flexibility index (Phi) is 11.6. The van der Waals surface area contributed by atoms with Crippen molar-refractivity contribution in [2.45, 2.75) is 25.2 Å². The molecule has 0 spiro atoms. The Labute approximate surface area is 386 Å². The number of nitrogens with zero attached hydrogens (tertiary/aromatic N) is 4. The number of nitrogens with one attached hydrogen (secondary N) is 2. The summed E-state index contributed by atoms with van der Waals surface area (Å²) in [6.45, 7) is 0. The van der Waals surface area contributed by atoms with E-state index < -0.39 is 43.8 Å². The minimum absolute atomic E-state index is 0.276. The molecule has 10 nitrogen and oxygen atoms in total. The number of benzene rings is 7. The minimum atomic E-state index is -4.63. The molecule has 7 aromatic carbocycles. The predicted molar refractivity (Wildman–Crippen MR) is 255 cm³/mol. The van der Waals surface area contributed by atoms with E-state index in [1.54, 1.807) is 12.1 Å². The lowest BCUT2D eigenvalue weighted by molar-refractivity contribution is -0.142. The smallest absolute Gasteiger partial charge is 0.284 e. The lowest BCUT2D eigenvalue weighted by Gasteiger charge is -2.19. The van der Waals surface area contributed by atoms with E-state index in [0.717, 1.165) is 80.9 Å². The lowest BCUT2D eigenvalue weighted by atomic mass is 9.87. The molecule has 0 saturated heterocycles. The summed E-state index contributed by atoms with van der Waals surface area (Å²) in [7, 11) is -6.97. The van der Waals surface area contributed by atoms with Crippen LogP contribution >= 0.6 is 0 Å². The van der Waals surface area contributed by atoms with Crippen molar-refractivity contribution in [3.63, 3.8) is 0 Å². The number of allylic oxidation sites excluding steroid dienone is 1. The molecule has 346 valence electrons. The zero-order valence-corrected chi connectivity index (χ0v) is 37.6. The zero-order valence-electron chi connectivity index (χ0n) is 35.9. The fraction of sp³-hybridized carbons (Fsp3) is 0.120. The van der Waals surface area contributed by atoms with Gasteiger partial charge in [0.25, 0.3) is 0 Å². The summed E-state index contributed by atoms with van der Waals surface area (Å²) >= 11 is 0. The number of sulfonamides is 2.